The molecule has 4 aromatic carbocycles. The normalized spacial score (nSPS) is 23.6. The van der Waals surface area contributed by atoms with Crippen molar-refractivity contribution in [1.82, 2.24) is 0 Å². The smallest absolute Gasteiger partial charge is 0.269 e. The molecule has 1 amide bonds. The third-order valence-electron chi connectivity index (χ3n) is 9.11. The van der Waals surface area contributed by atoms with Crippen LogP contribution in [-0.2, 0) is 10.2 Å². The molecule has 10 heteroatoms. The summed E-state index contributed by atoms with van der Waals surface area (Å²) in [5, 5.41) is 14.4. The Morgan fingerprint density at radius 2 is 1.61 bits per heavy atom. The second-order valence-corrected chi connectivity index (χ2v) is 11.2. The lowest BCUT2D eigenvalue weighted by Crippen LogP contribution is -2.51. The summed E-state index contributed by atoms with van der Waals surface area (Å²) in [4.78, 5) is 56.8. The maximum absolute atomic E-state index is 14.9. The van der Waals surface area contributed by atoms with Crippen LogP contribution in [0.15, 0.2) is 97.1 Å². The summed E-state index contributed by atoms with van der Waals surface area (Å²) in [6.07, 6.45) is 3.82. The quantitative estimate of drug-likeness (QED) is 0.193. The van der Waals surface area contributed by atoms with Crippen molar-refractivity contribution in [3.8, 4) is 11.5 Å². The molecule has 4 heterocycles. The first-order chi connectivity index (χ1) is 21.4. The number of nitro benzene ring substituents is 1. The molecule has 0 saturated carbocycles. The third-order valence-corrected chi connectivity index (χ3v) is 9.11. The van der Waals surface area contributed by atoms with E-state index in [1.807, 2.05) is 59.5 Å². The van der Waals surface area contributed by atoms with E-state index < -0.39 is 39.9 Å². The summed E-state index contributed by atoms with van der Waals surface area (Å²) in [7, 11) is 0. The van der Waals surface area contributed by atoms with Crippen molar-refractivity contribution >= 4 is 40.6 Å². The molecule has 10 nitrogen and oxygen atoms in total. The molecule has 0 bridgehead atoms. The van der Waals surface area contributed by atoms with Crippen LogP contribution < -0.4 is 19.7 Å². The number of nitro groups is 1. The fraction of sp³-hybridized carbons (Fsp3) is 0.147. The van der Waals surface area contributed by atoms with Crippen molar-refractivity contribution in [3.63, 3.8) is 0 Å². The molecule has 1 N–H and O–H groups in total. The van der Waals surface area contributed by atoms with Gasteiger partial charge in [0.05, 0.1) is 16.9 Å². The van der Waals surface area contributed by atoms with Gasteiger partial charge in [0.1, 0.15) is 11.5 Å². The van der Waals surface area contributed by atoms with E-state index in [2.05, 4.69) is 5.32 Å². The number of rotatable bonds is 5. The highest BCUT2D eigenvalue weighted by Crippen LogP contribution is 2.58. The Morgan fingerprint density at radius 3 is 2.43 bits per heavy atom. The van der Waals surface area contributed by atoms with Gasteiger partial charge < -0.3 is 19.7 Å². The second-order valence-electron chi connectivity index (χ2n) is 11.2. The number of amides is 1. The molecule has 4 atom stereocenters. The van der Waals surface area contributed by atoms with Crippen LogP contribution in [0, 0.1) is 16.0 Å². The number of Topliss-reactive ketones (excluding diaryl/α,β-unsaturated/α-hetero) is 2. The third kappa shape index (κ3) is 3.45. The maximum Gasteiger partial charge on any atom is 0.269 e. The number of benzene rings is 4. The largest absolute Gasteiger partial charge is 0.454 e. The van der Waals surface area contributed by atoms with Crippen LogP contribution in [0.3, 0.4) is 0 Å². The Morgan fingerprint density at radius 1 is 0.886 bits per heavy atom. The second kappa shape index (κ2) is 9.37. The molecule has 8 rings (SSSR count). The molecule has 1 saturated heterocycles. The number of hydrogen-bond donors (Lipinski definition) is 1. The number of carbonyl (C=O) groups is 3. The van der Waals surface area contributed by atoms with E-state index in [0.717, 1.165) is 5.56 Å². The molecular weight excluding hydrogens is 562 g/mol. The van der Waals surface area contributed by atoms with Gasteiger partial charge in [0.2, 0.25) is 12.7 Å². The van der Waals surface area contributed by atoms with E-state index in [1.165, 1.54) is 24.3 Å². The van der Waals surface area contributed by atoms with Crippen LogP contribution in [0.25, 0.3) is 6.08 Å². The van der Waals surface area contributed by atoms with Crippen molar-refractivity contribution in [2.24, 2.45) is 5.92 Å². The molecule has 0 radical (unpaired) electrons. The Hall–Kier alpha value is -5.77. The molecule has 4 aliphatic rings. The van der Waals surface area contributed by atoms with E-state index in [-0.39, 0.29) is 29.5 Å². The van der Waals surface area contributed by atoms with Gasteiger partial charge in [-0.05, 0) is 53.6 Å². The van der Waals surface area contributed by atoms with Crippen molar-refractivity contribution in [3.05, 3.63) is 129 Å². The monoisotopic (exact) mass is 585 g/mol. The molecule has 216 valence electrons. The van der Waals surface area contributed by atoms with E-state index >= 15 is 0 Å². The van der Waals surface area contributed by atoms with Gasteiger partial charge in [-0.25, -0.2) is 0 Å². The lowest BCUT2D eigenvalue weighted by Gasteiger charge is -2.37. The summed E-state index contributed by atoms with van der Waals surface area (Å²) >= 11 is 0. The van der Waals surface area contributed by atoms with Crippen molar-refractivity contribution < 1.29 is 28.8 Å². The molecule has 4 aliphatic heterocycles. The first-order valence-electron chi connectivity index (χ1n) is 14.1. The number of nitrogens with one attached hydrogen (secondary N) is 1. The molecule has 1 spiro atoms. The van der Waals surface area contributed by atoms with Gasteiger partial charge in [-0.15, -0.1) is 0 Å². The number of fused-ring (bicyclic) bond motifs is 7. The number of carbonyl (C=O) groups excluding carboxylic acids is 3. The topological polar surface area (TPSA) is 128 Å². The van der Waals surface area contributed by atoms with Crippen LogP contribution in [0.2, 0.25) is 0 Å². The Labute approximate surface area is 250 Å². The lowest BCUT2D eigenvalue weighted by atomic mass is 9.64. The van der Waals surface area contributed by atoms with E-state index in [4.69, 9.17) is 9.47 Å². The molecule has 4 aromatic rings. The van der Waals surface area contributed by atoms with Crippen LogP contribution >= 0.6 is 0 Å². The average molecular weight is 586 g/mol. The fourth-order valence-corrected chi connectivity index (χ4v) is 7.27. The van der Waals surface area contributed by atoms with Crippen molar-refractivity contribution in [2.75, 3.05) is 17.0 Å². The van der Waals surface area contributed by atoms with Gasteiger partial charge >= 0.3 is 0 Å². The highest BCUT2D eigenvalue weighted by atomic mass is 16.7. The van der Waals surface area contributed by atoms with Gasteiger partial charge in [-0.2, -0.15) is 0 Å². The van der Waals surface area contributed by atoms with Gasteiger partial charge in [-0.1, -0.05) is 48.6 Å². The number of hydrogen-bond acceptors (Lipinski definition) is 8. The molecule has 0 unspecified atom stereocenters. The minimum Gasteiger partial charge on any atom is -0.454 e. The van der Waals surface area contributed by atoms with Crippen LogP contribution in [-0.4, -0.2) is 41.3 Å². The number of para-hydroxylation sites is 2. The van der Waals surface area contributed by atoms with Crippen LogP contribution in [0.4, 0.5) is 17.1 Å². The molecule has 44 heavy (non-hydrogen) atoms. The summed E-state index contributed by atoms with van der Waals surface area (Å²) in [5.41, 5.74) is 1.58. The Balaban J connectivity index is 1.39. The van der Waals surface area contributed by atoms with E-state index in [0.29, 0.717) is 28.4 Å². The van der Waals surface area contributed by atoms with E-state index in [9.17, 15) is 24.5 Å². The maximum atomic E-state index is 14.9. The number of nitrogens with zero attached hydrogens (tertiary/aromatic N) is 2. The zero-order valence-electron chi connectivity index (χ0n) is 23.0. The molecular formula is C34H23N3O7. The standard InChI is InChI=1S/C34H23N3O7/c38-31(21-11-15-26-27(17-21)44-18-43-26)29-30(32(39)20-9-13-22(14-10-20)37(41)42)36-25-8-4-1-5-19(25)12-16-28(36)34(29)23-6-2-3-7-24(23)35-33(34)40/h1-17,28-30H,18H2,(H,35,40)/t28-,29+,30+,34-/m1/s1. The zero-order chi connectivity index (χ0) is 30.2. The summed E-state index contributed by atoms with van der Waals surface area (Å²) in [6.45, 7) is 0.0226. The van der Waals surface area contributed by atoms with Crippen LogP contribution in [0.5, 0.6) is 11.5 Å². The van der Waals surface area contributed by atoms with Crippen LogP contribution in [0.1, 0.15) is 31.8 Å². The minimum absolute atomic E-state index is 0.0226. The number of anilines is 2. The molecule has 0 aromatic heterocycles. The molecule has 0 aliphatic carbocycles. The molecule has 1 fully saturated rings. The lowest BCUT2D eigenvalue weighted by molar-refractivity contribution is -0.384. The minimum atomic E-state index is -1.48. The predicted molar refractivity (Wildman–Crippen MR) is 160 cm³/mol. The van der Waals surface area contributed by atoms with Gasteiger partial charge in [0.15, 0.2) is 23.1 Å². The highest BCUT2D eigenvalue weighted by molar-refractivity contribution is 6.18. The number of non-ortho nitro benzene ring substituents is 1. The first-order valence-corrected chi connectivity index (χ1v) is 14.1. The SMILES string of the molecule is O=C(c1ccc([N+](=O)[O-])cc1)[C@@H]1[C@@H](C(=O)c2ccc3c(c2)OCO3)[C@]2(C(=O)Nc3ccccc32)[C@H]2C=Cc3ccccc3N12. The van der Waals surface area contributed by atoms with E-state index in [1.54, 1.807) is 24.3 Å². The zero-order valence-corrected chi connectivity index (χ0v) is 23.0. The predicted octanol–water partition coefficient (Wildman–Crippen LogP) is 5.18. The number of ketones is 2. The number of ether oxygens (including phenoxy) is 2. The summed E-state index contributed by atoms with van der Waals surface area (Å²) in [5.74, 6) is -1.50. The Kier molecular flexibility index (Phi) is 5.51. The average Bonchev–Trinajstić information content (AvgIpc) is 3.73. The van der Waals surface area contributed by atoms with Gasteiger partial charge in [0.25, 0.3) is 5.69 Å². The highest BCUT2D eigenvalue weighted by Gasteiger charge is 2.70. The van der Waals surface area contributed by atoms with Crippen molar-refractivity contribution in [2.45, 2.75) is 17.5 Å². The van der Waals surface area contributed by atoms with Gasteiger partial charge in [-0.3, -0.25) is 24.5 Å². The first kappa shape index (κ1) is 25.9. The van der Waals surface area contributed by atoms with Gasteiger partial charge in [0, 0.05) is 34.6 Å². The van der Waals surface area contributed by atoms with Crippen molar-refractivity contribution in [1.29, 1.82) is 0 Å². The summed E-state index contributed by atoms with van der Waals surface area (Å²) < 4.78 is 11.0. The fourth-order valence-electron chi connectivity index (χ4n) is 7.27. The Bertz CT molecular complexity index is 1950. The summed E-state index contributed by atoms with van der Waals surface area (Å²) in [6, 6.07) is 23.1.